The van der Waals surface area contributed by atoms with E-state index >= 15 is 0 Å². The Morgan fingerprint density at radius 2 is 1.66 bits per heavy atom. The highest BCUT2D eigenvalue weighted by molar-refractivity contribution is 6.00. The number of rotatable bonds is 10. The third kappa shape index (κ3) is 6.59. The molecule has 1 aliphatic heterocycles. The van der Waals surface area contributed by atoms with Crippen LogP contribution < -0.4 is 20.3 Å². The molecule has 3 aromatic carbocycles. The number of carbonyl (C=O) groups excluding carboxylic acids is 3. The van der Waals surface area contributed by atoms with E-state index < -0.39 is 5.92 Å². The standard InChI is InChI=1S/C31H35N3O4/c1-4-22-9-11-23(12-10-22)18-32-31(37)25-17-29(36)34(19-25)26-13-15-27(16-14-26)38-20-28(35)33-30-21(3)7-6-8-24(30)5-2/h6-16,25H,4-5,17-20H2,1-3H3,(H,32,37)(H,33,35)/t25-/m0/s1. The SMILES string of the molecule is CCc1ccc(CNC(=O)[C@H]2CC(=O)N(c3ccc(OCC(=O)Nc4c(C)cccc4CC)cc3)C2)cc1. The van der Waals surface area contributed by atoms with Crippen LogP contribution in [-0.4, -0.2) is 30.9 Å². The van der Waals surface area contributed by atoms with Crippen molar-refractivity contribution in [1.29, 1.82) is 0 Å². The molecule has 7 nitrogen and oxygen atoms in total. The van der Waals surface area contributed by atoms with Gasteiger partial charge in [0.25, 0.3) is 5.91 Å². The van der Waals surface area contributed by atoms with Gasteiger partial charge in [-0.15, -0.1) is 0 Å². The molecule has 7 heteroatoms. The maximum atomic E-state index is 12.7. The Bertz CT molecular complexity index is 1290. The molecule has 0 unspecified atom stereocenters. The fourth-order valence-corrected chi connectivity index (χ4v) is 4.61. The Balaban J connectivity index is 1.27. The number of para-hydroxylation sites is 1. The largest absolute Gasteiger partial charge is 0.484 e. The minimum absolute atomic E-state index is 0.0875. The van der Waals surface area contributed by atoms with Crippen molar-refractivity contribution in [3.05, 3.63) is 89.0 Å². The Morgan fingerprint density at radius 1 is 0.947 bits per heavy atom. The quantitative estimate of drug-likeness (QED) is 0.407. The summed E-state index contributed by atoms with van der Waals surface area (Å²) >= 11 is 0. The Hall–Kier alpha value is -4.13. The topological polar surface area (TPSA) is 87.7 Å². The fourth-order valence-electron chi connectivity index (χ4n) is 4.61. The predicted molar refractivity (Wildman–Crippen MR) is 149 cm³/mol. The molecule has 3 aromatic rings. The summed E-state index contributed by atoms with van der Waals surface area (Å²) in [6.45, 7) is 6.77. The van der Waals surface area contributed by atoms with E-state index in [1.165, 1.54) is 5.56 Å². The summed E-state index contributed by atoms with van der Waals surface area (Å²) in [6.07, 6.45) is 1.98. The summed E-state index contributed by atoms with van der Waals surface area (Å²) in [5.74, 6) is -0.310. The molecule has 198 valence electrons. The fraction of sp³-hybridized carbons (Fsp3) is 0.323. The molecule has 2 N–H and O–H groups in total. The molecule has 1 atom stereocenters. The first kappa shape index (κ1) is 26.9. The molecule has 1 heterocycles. The first-order valence-corrected chi connectivity index (χ1v) is 13.1. The molecule has 0 aliphatic carbocycles. The second kappa shape index (κ2) is 12.4. The van der Waals surface area contributed by atoms with E-state index in [2.05, 4.69) is 36.6 Å². The maximum Gasteiger partial charge on any atom is 0.262 e. The van der Waals surface area contributed by atoms with Gasteiger partial charge in [0, 0.05) is 30.9 Å². The van der Waals surface area contributed by atoms with Crippen LogP contribution in [0.4, 0.5) is 11.4 Å². The predicted octanol–water partition coefficient (Wildman–Crippen LogP) is 4.81. The summed E-state index contributed by atoms with van der Waals surface area (Å²) < 4.78 is 5.67. The van der Waals surface area contributed by atoms with Crippen molar-refractivity contribution in [3.8, 4) is 5.75 Å². The number of aryl methyl sites for hydroxylation is 3. The zero-order valence-electron chi connectivity index (χ0n) is 22.3. The molecular weight excluding hydrogens is 478 g/mol. The molecule has 0 bridgehead atoms. The molecule has 1 saturated heterocycles. The maximum absolute atomic E-state index is 12.7. The monoisotopic (exact) mass is 513 g/mol. The Morgan fingerprint density at radius 3 is 2.34 bits per heavy atom. The highest BCUT2D eigenvalue weighted by atomic mass is 16.5. The van der Waals surface area contributed by atoms with E-state index in [1.54, 1.807) is 29.2 Å². The van der Waals surface area contributed by atoms with Crippen LogP contribution >= 0.6 is 0 Å². The van der Waals surface area contributed by atoms with Crippen LogP contribution in [0, 0.1) is 12.8 Å². The first-order chi connectivity index (χ1) is 18.4. The highest BCUT2D eigenvalue weighted by Crippen LogP contribution is 2.27. The van der Waals surface area contributed by atoms with Gasteiger partial charge in [0.15, 0.2) is 6.61 Å². The number of hydrogen-bond acceptors (Lipinski definition) is 4. The first-order valence-electron chi connectivity index (χ1n) is 13.1. The molecule has 4 rings (SSSR count). The van der Waals surface area contributed by atoms with Crippen molar-refractivity contribution in [3.63, 3.8) is 0 Å². The van der Waals surface area contributed by atoms with Gasteiger partial charge >= 0.3 is 0 Å². The third-order valence-corrected chi connectivity index (χ3v) is 6.92. The minimum atomic E-state index is -0.397. The number of amides is 3. The van der Waals surface area contributed by atoms with Gasteiger partial charge in [0.2, 0.25) is 11.8 Å². The minimum Gasteiger partial charge on any atom is -0.484 e. The molecule has 1 aliphatic rings. The van der Waals surface area contributed by atoms with Gasteiger partial charge in [-0.25, -0.2) is 0 Å². The van der Waals surface area contributed by atoms with Crippen molar-refractivity contribution < 1.29 is 19.1 Å². The van der Waals surface area contributed by atoms with Crippen LogP contribution in [0.3, 0.4) is 0 Å². The van der Waals surface area contributed by atoms with Gasteiger partial charge in [-0.3, -0.25) is 14.4 Å². The van der Waals surface area contributed by atoms with E-state index in [0.29, 0.717) is 24.5 Å². The summed E-state index contributed by atoms with van der Waals surface area (Å²) in [7, 11) is 0. The van der Waals surface area contributed by atoms with Crippen molar-refractivity contribution >= 4 is 29.1 Å². The van der Waals surface area contributed by atoms with E-state index in [0.717, 1.165) is 35.2 Å². The average molecular weight is 514 g/mol. The molecule has 0 saturated carbocycles. The number of benzene rings is 3. The van der Waals surface area contributed by atoms with Crippen LogP contribution in [-0.2, 0) is 33.8 Å². The molecule has 3 amide bonds. The number of ether oxygens (including phenoxy) is 1. The van der Waals surface area contributed by atoms with E-state index in [9.17, 15) is 14.4 Å². The zero-order chi connectivity index (χ0) is 27.1. The highest BCUT2D eigenvalue weighted by Gasteiger charge is 2.35. The van der Waals surface area contributed by atoms with Crippen LogP contribution in [0.5, 0.6) is 5.75 Å². The summed E-state index contributed by atoms with van der Waals surface area (Å²) in [5, 5.41) is 5.91. The van der Waals surface area contributed by atoms with Crippen molar-refractivity contribution in [1.82, 2.24) is 5.32 Å². The Kier molecular flexibility index (Phi) is 8.79. The molecule has 1 fully saturated rings. The van der Waals surface area contributed by atoms with Gasteiger partial charge in [0.05, 0.1) is 5.92 Å². The van der Waals surface area contributed by atoms with Crippen LogP contribution in [0.25, 0.3) is 0 Å². The smallest absolute Gasteiger partial charge is 0.262 e. The van der Waals surface area contributed by atoms with Crippen LogP contribution in [0.2, 0.25) is 0 Å². The number of carbonyl (C=O) groups is 3. The molecule has 0 aromatic heterocycles. The average Bonchev–Trinajstić information content (AvgIpc) is 3.33. The number of anilines is 2. The molecule has 0 radical (unpaired) electrons. The summed E-state index contributed by atoms with van der Waals surface area (Å²) in [5.41, 5.74) is 5.91. The van der Waals surface area contributed by atoms with Crippen molar-refractivity contribution in [2.45, 2.75) is 46.6 Å². The lowest BCUT2D eigenvalue weighted by Gasteiger charge is -2.17. The number of nitrogens with zero attached hydrogens (tertiary/aromatic N) is 1. The second-order valence-corrected chi connectivity index (χ2v) is 9.59. The second-order valence-electron chi connectivity index (χ2n) is 9.59. The lowest BCUT2D eigenvalue weighted by atomic mass is 10.1. The number of nitrogens with one attached hydrogen (secondary N) is 2. The van der Waals surface area contributed by atoms with Gasteiger partial charge in [-0.1, -0.05) is 56.3 Å². The van der Waals surface area contributed by atoms with Gasteiger partial charge in [0.1, 0.15) is 5.75 Å². The zero-order valence-corrected chi connectivity index (χ0v) is 22.3. The van der Waals surface area contributed by atoms with E-state index in [-0.39, 0.29) is 30.7 Å². The molecule has 38 heavy (non-hydrogen) atoms. The van der Waals surface area contributed by atoms with Crippen molar-refractivity contribution in [2.24, 2.45) is 5.92 Å². The van der Waals surface area contributed by atoms with Crippen LogP contribution in [0.15, 0.2) is 66.7 Å². The third-order valence-electron chi connectivity index (χ3n) is 6.92. The van der Waals surface area contributed by atoms with E-state index in [4.69, 9.17) is 4.74 Å². The van der Waals surface area contributed by atoms with Crippen LogP contribution in [0.1, 0.15) is 42.5 Å². The molecular formula is C31H35N3O4. The lowest BCUT2D eigenvalue weighted by molar-refractivity contribution is -0.126. The van der Waals surface area contributed by atoms with E-state index in [1.807, 2.05) is 37.3 Å². The summed E-state index contributed by atoms with van der Waals surface area (Å²) in [4.78, 5) is 39.5. The normalized spacial score (nSPS) is 14.9. The Labute approximate surface area is 224 Å². The lowest BCUT2D eigenvalue weighted by Crippen LogP contribution is -2.32. The molecule has 0 spiro atoms. The van der Waals surface area contributed by atoms with Gasteiger partial charge in [-0.2, -0.15) is 0 Å². The van der Waals surface area contributed by atoms with Gasteiger partial charge < -0.3 is 20.3 Å². The summed E-state index contributed by atoms with van der Waals surface area (Å²) in [6, 6.07) is 21.1. The number of hydrogen-bond donors (Lipinski definition) is 2. The van der Waals surface area contributed by atoms with Gasteiger partial charge in [-0.05, 0) is 66.3 Å². The van der Waals surface area contributed by atoms with Crippen molar-refractivity contribution in [2.75, 3.05) is 23.4 Å².